The summed E-state index contributed by atoms with van der Waals surface area (Å²) in [7, 11) is 0. The van der Waals surface area contributed by atoms with Crippen molar-refractivity contribution < 1.29 is 9.53 Å². The minimum absolute atomic E-state index is 0.0263. The molecular weight excluding hydrogens is 304 g/mol. The van der Waals surface area contributed by atoms with Gasteiger partial charge in [0, 0.05) is 13.0 Å². The third-order valence-electron chi connectivity index (χ3n) is 4.24. The Morgan fingerprint density at radius 2 is 2.08 bits per heavy atom. The first kappa shape index (κ1) is 14.7. The van der Waals surface area contributed by atoms with E-state index < -0.39 is 0 Å². The summed E-state index contributed by atoms with van der Waals surface area (Å²) in [4.78, 5) is 16.1. The maximum absolute atomic E-state index is 11.8. The number of ether oxygens (including phenoxy) is 1. The van der Waals surface area contributed by atoms with Crippen molar-refractivity contribution in [2.24, 2.45) is 0 Å². The maximum atomic E-state index is 11.8. The molecule has 1 atom stereocenters. The van der Waals surface area contributed by atoms with Gasteiger partial charge in [-0.25, -0.2) is 4.98 Å². The van der Waals surface area contributed by atoms with Crippen molar-refractivity contribution in [3.63, 3.8) is 0 Å². The number of rotatable bonds is 4. The summed E-state index contributed by atoms with van der Waals surface area (Å²) in [6, 6.07) is 12.0. The maximum Gasteiger partial charge on any atom is 0.233 e. The number of carbonyl (C=O) groups excluding carboxylic acids is 1. The number of hydrogen-bond acceptors (Lipinski definition) is 4. The topological polar surface area (TPSA) is 61.9 Å². The van der Waals surface area contributed by atoms with Crippen molar-refractivity contribution in [1.29, 1.82) is 0 Å². The zero-order chi connectivity index (χ0) is 16.7. The number of fused-ring (bicyclic) bond motifs is 3. The molecule has 0 aliphatic carbocycles. The number of imidazole rings is 1. The highest BCUT2D eigenvalue weighted by atomic mass is 16.5. The standard InChI is InChI=1S/C18H18N4O2/c1-12-10-21-15(16-9-19-18(13(2)23)22(12)16)8-17(20-21)24-11-14-6-4-3-5-7-14/h3-9,12H,10-11H2,1-2H3/t12-/m0/s1. The first-order chi connectivity index (χ1) is 11.6. The summed E-state index contributed by atoms with van der Waals surface area (Å²) in [6.07, 6.45) is 1.74. The molecule has 3 heterocycles. The molecule has 0 spiro atoms. The smallest absolute Gasteiger partial charge is 0.233 e. The molecule has 2 aromatic heterocycles. The Morgan fingerprint density at radius 3 is 2.83 bits per heavy atom. The number of Topliss-reactive ketones (excluding diaryl/α,β-unsaturated/α-hetero) is 1. The molecule has 6 heteroatoms. The molecule has 1 aromatic carbocycles. The molecule has 1 aliphatic heterocycles. The van der Waals surface area contributed by atoms with E-state index in [4.69, 9.17) is 4.74 Å². The molecule has 6 nitrogen and oxygen atoms in total. The molecule has 0 saturated carbocycles. The van der Waals surface area contributed by atoms with E-state index in [2.05, 4.69) is 17.0 Å². The van der Waals surface area contributed by atoms with Crippen LogP contribution in [0.1, 0.15) is 36.1 Å². The molecule has 4 rings (SSSR count). The van der Waals surface area contributed by atoms with Crippen LogP contribution in [0.3, 0.4) is 0 Å². The average Bonchev–Trinajstić information content (AvgIpc) is 3.18. The molecule has 0 radical (unpaired) electrons. The zero-order valence-electron chi connectivity index (χ0n) is 13.6. The van der Waals surface area contributed by atoms with Crippen LogP contribution in [0, 0.1) is 0 Å². The number of nitrogens with zero attached hydrogens (tertiary/aromatic N) is 4. The molecule has 0 unspecified atom stereocenters. The lowest BCUT2D eigenvalue weighted by Gasteiger charge is -2.24. The number of carbonyl (C=O) groups is 1. The van der Waals surface area contributed by atoms with E-state index in [-0.39, 0.29) is 11.8 Å². The van der Waals surface area contributed by atoms with Gasteiger partial charge in [0.1, 0.15) is 6.61 Å². The highest BCUT2D eigenvalue weighted by molar-refractivity contribution is 5.91. The van der Waals surface area contributed by atoms with Crippen LogP contribution in [0.25, 0.3) is 11.4 Å². The second-order valence-corrected chi connectivity index (χ2v) is 6.07. The number of benzene rings is 1. The Kier molecular flexibility index (Phi) is 3.45. The Morgan fingerprint density at radius 1 is 1.29 bits per heavy atom. The molecule has 0 saturated heterocycles. The summed E-state index contributed by atoms with van der Waals surface area (Å²) in [6.45, 7) is 4.77. The van der Waals surface area contributed by atoms with Gasteiger partial charge in [0.2, 0.25) is 5.88 Å². The van der Waals surface area contributed by atoms with Crippen molar-refractivity contribution in [2.75, 3.05) is 0 Å². The molecule has 0 fully saturated rings. The molecule has 0 bridgehead atoms. The van der Waals surface area contributed by atoms with Gasteiger partial charge in [0.25, 0.3) is 0 Å². The fourth-order valence-corrected chi connectivity index (χ4v) is 3.13. The van der Waals surface area contributed by atoms with E-state index in [0.717, 1.165) is 17.0 Å². The molecule has 24 heavy (non-hydrogen) atoms. The highest BCUT2D eigenvalue weighted by Crippen LogP contribution is 2.33. The largest absolute Gasteiger partial charge is 0.472 e. The van der Waals surface area contributed by atoms with E-state index in [1.54, 1.807) is 13.1 Å². The normalized spacial score (nSPS) is 15.7. The van der Waals surface area contributed by atoms with Gasteiger partial charge < -0.3 is 9.30 Å². The predicted octanol–water partition coefficient (Wildman–Crippen LogP) is 3.10. The number of aromatic nitrogens is 4. The minimum atomic E-state index is -0.0263. The van der Waals surface area contributed by atoms with Crippen LogP contribution in [-0.4, -0.2) is 25.1 Å². The summed E-state index contributed by atoms with van der Waals surface area (Å²) in [5.41, 5.74) is 2.93. The van der Waals surface area contributed by atoms with Crippen LogP contribution < -0.4 is 4.74 Å². The fourth-order valence-electron chi connectivity index (χ4n) is 3.13. The van der Waals surface area contributed by atoms with Gasteiger partial charge in [-0.05, 0) is 12.5 Å². The van der Waals surface area contributed by atoms with Crippen molar-refractivity contribution in [1.82, 2.24) is 19.3 Å². The predicted molar refractivity (Wildman–Crippen MR) is 88.9 cm³/mol. The fraction of sp³-hybridized carbons (Fsp3) is 0.278. The second-order valence-electron chi connectivity index (χ2n) is 6.07. The van der Waals surface area contributed by atoms with Gasteiger partial charge in [-0.1, -0.05) is 30.3 Å². The molecule has 122 valence electrons. The van der Waals surface area contributed by atoms with Gasteiger partial charge in [0.15, 0.2) is 11.6 Å². The second kappa shape index (κ2) is 5.63. The van der Waals surface area contributed by atoms with Crippen LogP contribution in [-0.2, 0) is 13.2 Å². The van der Waals surface area contributed by atoms with E-state index >= 15 is 0 Å². The first-order valence-electron chi connectivity index (χ1n) is 7.96. The van der Waals surface area contributed by atoms with Gasteiger partial charge in [-0.3, -0.25) is 9.48 Å². The molecule has 0 amide bonds. The van der Waals surface area contributed by atoms with Gasteiger partial charge in [-0.15, -0.1) is 5.10 Å². The third kappa shape index (κ3) is 2.40. The lowest BCUT2D eigenvalue weighted by atomic mass is 10.2. The monoisotopic (exact) mass is 322 g/mol. The molecular formula is C18H18N4O2. The van der Waals surface area contributed by atoms with Crippen molar-refractivity contribution in [2.45, 2.75) is 33.0 Å². The molecule has 0 N–H and O–H groups in total. The van der Waals surface area contributed by atoms with Gasteiger partial charge >= 0.3 is 0 Å². The van der Waals surface area contributed by atoms with Crippen LogP contribution in [0.5, 0.6) is 5.88 Å². The third-order valence-corrected chi connectivity index (χ3v) is 4.24. The van der Waals surface area contributed by atoms with E-state index in [1.165, 1.54) is 0 Å². The number of ketones is 1. The zero-order valence-corrected chi connectivity index (χ0v) is 13.6. The van der Waals surface area contributed by atoms with Crippen molar-refractivity contribution in [3.8, 4) is 17.3 Å². The van der Waals surface area contributed by atoms with E-state index in [1.807, 2.05) is 45.6 Å². The Labute approximate surface area is 139 Å². The van der Waals surface area contributed by atoms with Crippen LogP contribution >= 0.6 is 0 Å². The Bertz CT molecular complexity index is 895. The van der Waals surface area contributed by atoms with Gasteiger partial charge in [-0.2, -0.15) is 0 Å². The summed E-state index contributed by atoms with van der Waals surface area (Å²) < 4.78 is 9.73. The SMILES string of the molecule is CC(=O)c1ncc2n1[C@@H](C)Cn1nc(OCc3ccccc3)cc1-2. The molecule has 3 aromatic rings. The van der Waals surface area contributed by atoms with Crippen LogP contribution in [0.4, 0.5) is 0 Å². The Balaban J connectivity index is 1.64. The first-order valence-corrected chi connectivity index (χ1v) is 7.96. The lowest BCUT2D eigenvalue weighted by Crippen LogP contribution is -2.23. The van der Waals surface area contributed by atoms with Crippen molar-refractivity contribution >= 4 is 5.78 Å². The van der Waals surface area contributed by atoms with Crippen LogP contribution in [0.2, 0.25) is 0 Å². The van der Waals surface area contributed by atoms with Crippen molar-refractivity contribution in [3.05, 3.63) is 54.0 Å². The average molecular weight is 322 g/mol. The summed E-state index contributed by atoms with van der Waals surface area (Å²) in [5, 5.41) is 4.54. The highest BCUT2D eigenvalue weighted by Gasteiger charge is 2.27. The van der Waals surface area contributed by atoms with E-state index in [0.29, 0.717) is 24.9 Å². The summed E-state index contributed by atoms with van der Waals surface area (Å²) in [5.74, 6) is 1.05. The van der Waals surface area contributed by atoms with Crippen LogP contribution in [0.15, 0.2) is 42.6 Å². The molecule has 1 aliphatic rings. The van der Waals surface area contributed by atoms with Gasteiger partial charge in [0.05, 0.1) is 30.2 Å². The number of hydrogen-bond donors (Lipinski definition) is 0. The minimum Gasteiger partial charge on any atom is -0.472 e. The van der Waals surface area contributed by atoms with E-state index in [9.17, 15) is 4.79 Å². The quantitative estimate of drug-likeness (QED) is 0.693. The lowest BCUT2D eigenvalue weighted by molar-refractivity contribution is 0.0996. The Hall–Kier alpha value is -2.89. The summed E-state index contributed by atoms with van der Waals surface area (Å²) >= 11 is 0.